The second-order valence-electron chi connectivity index (χ2n) is 8.44. The predicted octanol–water partition coefficient (Wildman–Crippen LogP) is 4.62. The monoisotopic (exact) mass is 491 g/mol. The Kier molecular flexibility index (Phi) is 5.14. The third kappa shape index (κ3) is 3.17. The van der Waals surface area contributed by atoms with Gasteiger partial charge in [0.2, 0.25) is 0 Å². The van der Waals surface area contributed by atoms with Crippen LogP contribution in [0.4, 0.5) is 0 Å². The van der Waals surface area contributed by atoms with E-state index in [1.165, 1.54) is 0 Å². The molecule has 0 amide bonds. The quantitative estimate of drug-likeness (QED) is 0.519. The number of aliphatic carboxylic acids is 1. The first-order valence-corrected chi connectivity index (χ1v) is 11.4. The van der Waals surface area contributed by atoms with Gasteiger partial charge in [0, 0.05) is 10.4 Å². The fraction of sp³-hybridized carbons (Fsp3) is 0.231. The van der Waals surface area contributed by atoms with E-state index in [-0.39, 0.29) is 18.9 Å². The second kappa shape index (κ2) is 7.87. The van der Waals surface area contributed by atoms with Crippen molar-refractivity contribution in [3.63, 3.8) is 0 Å². The summed E-state index contributed by atoms with van der Waals surface area (Å²) in [5, 5.41) is 9.91. The van der Waals surface area contributed by atoms with Crippen LogP contribution in [0, 0.1) is 0 Å². The lowest BCUT2D eigenvalue weighted by molar-refractivity contribution is -0.156. The number of benzene rings is 3. The Morgan fingerprint density at radius 2 is 1.56 bits per heavy atom. The average Bonchev–Trinajstić information content (AvgIpc) is 3.11. The molecule has 0 saturated heterocycles. The van der Waals surface area contributed by atoms with Crippen LogP contribution in [0.3, 0.4) is 0 Å². The van der Waals surface area contributed by atoms with E-state index in [9.17, 15) is 14.7 Å². The van der Waals surface area contributed by atoms with Gasteiger partial charge < -0.3 is 15.6 Å². The molecule has 2 unspecified atom stereocenters. The van der Waals surface area contributed by atoms with Gasteiger partial charge >= 0.3 is 11.9 Å². The van der Waals surface area contributed by atoms with E-state index in [0.717, 1.165) is 32.3 Å². The summed E-state index contributed by atoms with van der Waals surface area (Å²) in [5.74, 6) is -2.97. The first-order valence-electron chi connectivity index (χ1n) is 10.6. The summed E-state index contributed by atoms with van der Waals surface area (Å²) in [7, 11) is 0. The van der Waals surface area contributed by atoms with Gasteiger partial charge in [-0.15, -0.1) is 0 Å². The van der Waals surface area contributed by atoms with E-state index < -0.39 is 23.4 Å². The molecular weight excluding hydrogens is 470 g/mol. The maximum atomic E-state index is 13.4. The molecule has 2 atom stereocenters. The number of halogens is 1. The van der Waals surface area contributed by atoms with Gasteiger partial charge in [-0.2, -0.15) is 0 Å². The number of ether oxygens (including phenoxy) is 1. The van der Waals surface area contributed by atoms with Crippen molar-refractivity contribution in [1.82, 2.24) is 0 Å². The molecular formula is C26H22BrNO4. The molecule has 0 spiro atoms. The predicted molar refractivity (Wildman–Crippen MR) is 124 cm³/mol. The largest absolute Gasteiger partial charge is 0.480 e. The van der Waals surface area contributed by atoms with Crippen molar-refractivity contribution in [2.75, 3.05) is 6.61 Å². The van der Waals surface area contributed by atoms with Crippen LogP contribution in [-0.4, -0.2) is 29.2 Å². The minimum atomic E-state index is -1.71. The van der Waals surface area contributed by atoms with Gasteiger partial charge in [0.15, 0.2) is 0 Å². The van der Waals surface area contributed by atoms with Gasteiger partial charge in [0.05, 0.1) is 0 Å². The number of esters is 1. The molecule has 2 aliphatic rings. The maximum absolute atomic E-state index is 13.4. The molecule has 3 aromatic rings. The highest BCUT2D eigenvalue weighted by molar-refractivity contribution is 9.10. The molecule has 6 heteroatoms. The van der Waals surface area contributed by atoms with Crippen LogP contribution in [0.1, 0.15) is 40.5 Å². The number of rotatable bonds is 4. The van der Waals surface area contributed by atoms with E-state index in [1.807, 2.05) is 42.5 Å². The zero-order valence-corrected chi connectivity index (χ0v) is 18.8. The fourth-order valence-corrected chi connectivity index (χ4v) is 5.70. The Bertz CT molecular complexity index is 1190. The number of carboxylic acid groups (broad SMARTS) is 1. The molecule has 2 aliphatic carbocycles. The van der Waals surface area contributed by atoms with Crippen LogP contribution >= 0.6 is 15.9 Å². The molecule has 0 aromatic heterocycles. The van der Waals surface area contributed by atoms with Crippen LogP contribution in [0.5, 0.6) is 0 Å². The lowest BCUT2D eigenvalue weighted by Gasteiger charge is -2.38. The molecule has 0 aliphatic heterocycles. The summed E-state index contributed by atoms with van der Waals surface area (Å²) in [6, 6.07) is 21.6. The van der Waals surface area contributed by atoms with Crippen molar-refractivity contribution in [1.29, 1.82) is 0 Å². The standard InChI is InChI=1S/C26H22BrNO4/c27-22-11-5-10-20-19(22)12-13-26(28,25(30)31)23(20)24(29)32-14-21-17-8-3-1-6-15(17)16-7-2-4-9-18(16)21/h1-11,21,23H,12-14,28H2,(H,30,31). The normalized spacial score (nSPS) is 21.4. The Morgan fingerprint density at radius 3 is 2.19 bits per heavy atom. The smallest absolute Gasteiger partial charge is 0.324 e. The molecule has 3 aromatic carbocycles. The van der Waals surface area contributed by atoms with Gasteiger partial charge in [0.25, 0.3) is 0 Å². The second-order valence-corrected chi connectivity index (χ2v) is 9.30. The van der Waals surface area contributed by atoms with Gasteiger partial charge in [-0.1, -0.05) is 76.6 Å². The molecule has 5 rings (SSSR count). The van der Waals surface area contributed by atoms with Crippen LogP contribution in [0.15, 0.2) is 71.2 Å². The Morgan fingerprint density at radius 1 is 0.969 bits per heavy atom. The highest BCUT2D eigenvalue weighted by Gasteiger charge is 2.51. The van der Waals surface area contributed by atoms with Crippen LogP contribution < -0.4 is 5.73 Å². The Labute approximate surface area is 194 Å². The van der Waals surface area contributed by atoms with Crippen LogP contribution in [0.25, 0.3) is 11.1 Å². The highest BCUT2D eigenvalue weighted by Crippen LogP contribution is 2.46. The molecule has 32 heavy (non-hydrogen) atoms. The first-order chi connectivity index (χ1) is 15.4. The lowest BCUT2D eigenvalue weighted by Crippen LogP contribution is -2.57. The minimum absolute atomic E-state index is 0.103. The Hall–Kier alpha value is -2.96. The van der Waals surface area contributed by atoms with E-state index in [2.05, 4.69) is 28.1 Å². The van der Waals surface area contributed by atoms with Gasteiger partial charge in [-0.25, -0.2) is 0 Å². The number of hydrogen-bond acceptors (Lipinski definition) is 4. The lowest BCUT2D eigenvalue weighted by atomic mass is 9.70. The van der Waals surface area contributed by atoms with Gasteiger partial charge in [0.1, 0.15) is 18.1 Å². The SMILES string of the molecule is NC1(C(=O)O)CCc2c(Br)cccc2C1C(=O)OCC1c2ccccc2-c2ccccc21. The van der Waals surface area contributed by atoms with Crippen molar-refractivity contribution in [3.05, 3.63) is 93.5 Å². The van der Waals surface area contributed by atoms with Crippen molar-refractivity contribution in [2.24, 2.45) is 5.73 Å². The maximum Gasteiger partial charge on any atom is 0.324 e. The molecule has 0 saturated carbocycles. The number of carboxylic acids is 1. The molecule has 3 N–H and O–H groups in total. The summed E-state index contributed by atoms with van der Waals surface area (Å²) < 4.78 is 6.67. The molecule has 0 fully saturated rings. The summed E-state index contributed by atoms with van der Waals surface area (Å²) in [6.07, 6.45) is 0.638. The highest BCUT2D eigenvalue weighted by atomic mass is 79.9. The average molecular weight is 492 g/mol. The van der Waals surface area contributed by atoms with Crippen LogP contribution in [0.2, 0.25) is 0 Å². The van der Waals surface area contributed by atoms with E-state index >= 15 is 0 Å². The Balaban J connectivity index is 1.47. The van der Waals surface area contributed by atoms with Crippen molar-refractivity contribution < 1.29 is 19.4 Å². The van der Waals surface area contributed by atoms with E-state index in [0.29, 0.717) is 12.0 Å². The zero-order chi connectivity index (χ0) is 22.5. The zero-order valence-electron chi connectivity index (χ0n) is 17.3. The molecule has 0 heterocycles. The number of hydrogen-bond donors (Lipinski definition) is 2. The summed E-state index contributed by atoms with van der Waals surface area (Å²) in [5.41, 5.74) is 10.6. The number of nitrogens with two attached hydrogens (primary N) is 1. The minimum Gasteiger partial charge on any atom is -0.480 e. The van der Waals surface area contributed by atoms with Crippen LogP contribution in [-0.2, 0) is 20.7 Å². The number of carbonyl (C=O) groups excluding carboxylic acids is 1. The number of carbonyl (C=O) groups is 2. The summed E-state index contributed by atoms with van der Waals surface area (Å²) in [6.45, 7) is 0.127. The first kappa shape index (κ1) is 20.9. The third-order valence-corrected chi connectivity index (χ3v) is 7.50. The fourth-order valence-electron chi connectivity index (χ4n) is 5.12. The van der Waals surface area contributed by atoms with E-state index in [1.54, 1.807) is 12.1 Å². The van der Waals surface area contributed by atoms with Crippen molar-refractivity contribution >= 4 is 27.9 Å². The molecule has 0 bridgehead atoms. The van der Waals surface area contributed by atoms with Gasteiger partial charge in [-0.3, -0.25) is 9.59 Å². The van der Waals surface area contributed by atoms with Crippen molar-refractivity contribution in [3.8, 4) is 11.1 Å². The summed E-state index contributed by atoms with van der Waals surface area (Å²) in [4.78, 5) is 25.5. The van der Waals surface area contributed by atoms with Crippen molar-refractivity contribution in [2.45, 2.75) is 30.2 Å². The third-order valence-electron chi connectivity index (χ3n) is 6.76. The van der Waals surface area contributed by atoms with Gasteiger partial charge in [-0.05, 0) is 52.3 Å². The molecule has 0 radical (unpaired) electrons. The molecule has 5 nitrogen and oxygen atoms in total. The van der Waals surface area contributed by atoms with E-state index in [4.69, 9.17) is 10.5 Å². The molecule has 162 valence electrons. The number of fused-ring (bicyclic) bond motifs is 4. The topological polar surface area (TPSA) is 89.6 Å². The summed E-state index contributed by atoms with van der Waals surface area (Å²) >= 11 is 3.52.